The first-order valence-corrected chi connectivity index (χ1v) is 5.81. The highest BCUT2D eigenvalue weighted by molar-refractivity contribution is 5.33. The molecule has 2 atom stereocenters. The topological polar surface area (TPSA) is 23.5 Å². The van der Waals surface area contributed by atoms with Gasteiger partial charge < -0.3 is 10.0 Å². The molecule has 0 saturated carbocycles. The Hall–Kier alpha value is -0.860. The molecule has 0 fully saturated rings. The van der Waals surface area contributed by atoms with E-state index in [1.165, 1.54) is 16.7 Å². The van der Waals surface area contributed by atoms with E-state index in [-0.39, 0.29) is 18.6 Å². The van der Waals surface area contributed by atoms with Gasteiger partial charge in [0.2, 0.25) is 0 Å². The monoisotopic (exact) mass is 221 g/mol. The molecular formula is C14H23NO. The minimum atomic E-state index is 0.218. The second-order valence-electron chi connectivity index (χ2n) is 4.93. The van der Waals surface area contributed by atoms with Crippen molar-refractivity contribution in [3.05, 3.63) is 34.9 Å². The summed E-state index contributed by atoms with van der Waals surface area (Å²) >= 11 is 0. The minimum absolute atomic E-state index is 0.218. The van der Waals surface area contributed by atoms with Crippen molar-refractivity contribution in [3.8, 4) is 0 Å². The first-order chi connectivity index (χ1) is 7.47. The van der Waals surface area contributed by atoms with Crippen LogP contribution in [0.25, 0.3) is 0 Å². The molecule has 0 radical (unpaired) electrons. The zero-order valence-corrected chi connectivity index (χ0v) is 11.0. The highest BCUT2D eigenvalue weighted by atomic mass is 16.3. The molecule has 0 amide bonds. The highest BCUT2D eigenvalue weighted by Gasteiger charge is 2.22. The van der Waals surface area contributed by atoms with E-state index in [0.29, 0.717) is 0 Å². The Morgan fingerprint density at radius 1 is 1.25 bits per heavy atom. The van der Waals surface area contributed by atoms with Gasteiger partial charge in [-0.2, -0.15) is 0 Å². The van der Waals surface area contributed by atoms with Gasteiger partial charge in [0, 0.05) is 12.6 Å². The molecule has 0 aliphatic carbocycles. The Labute approximate surface area is 98.9 Å². The van der Waals surface area contributed by atoms with E-state index in [0.717, 1.165) is 0 Å². The van der Waals surface area contributed by atoms with E-state index >= 15 is 0 Å². The van der Waals surface area contributed by atoms with Crippen LogP contribution in [0.15, 0.2) is 18.2 Å². The molecule has 90 valence electrons. The second kappa shape index (κ2) is 5.46. The number of nitrogens with zero attached hydrogens (tertiary/aromatic N) is 1. The molecule has 0 aromatic heterocycles. The predicted octanol–water partition coefficient (Wildman–Crippen LogP) is 2.53. The van der Waals surface area contributed by atoms with Crippen LogP contribution in [0, 0.1) is 19.8 Å². The third kappa shape index (κ3) is 2.83. The fraction of sp³-hybridized carbons (Fsp3) is 0.571. The summed E-state index contributed by atoms with van der Waals surface area (Å²) in [5, 5.41) is 9.35. The molecule has 0 bridgehead atoms. The Morgan fingerprint density at radius 2 is 1.88 bits per heavy atom. The lowest BCUT2D eigenvalue weighted by Gasteiger charge is -2.31. The van der Waals surface area contributed by atoms with Crippen molar-refractivity contribution in [3.63, 3.8) is 0 Å². The maximum absolute atomic E-state index is 9.35. The van der Waals surface area contributed by atoms with Crippen LogP contribution in [0.1, 0.15) is 29.7 Å². The van der Waals surface area contributed by atoms with Crippen molar-refractivity contribution >= 4 is 0 Å². The number of aliphatic hydroxyl groups excluding tert-OH is 1. The van der Waals surface area contributed by atoms with Crippen LogP contribution in [0.5, 0.6) is 0 Å². The van der Waals surface area contributed by atoms with Crippen molar-refractivity contribution in [2.24, 2.45) is 5.92 Å². The smallest absolute Gasteiger partial charge is 0.0474 e. The van der Waals surface area contributed by atoms with Crippen LogP contribution >= 0.6 is 0 Å². The lowest BCUT2D eigenvalue weighted by atomic mass is 9.90. The van der Waals surface area contributed by atoms with Gasteiger partial charge in [0.25, 0.3) is 0 Å². The molecule has 0 spiro atoms. The van der Waals surface area contributed by atoms with Gasteiger partial charge in [0.1, 0.15) is 0 Å². The molecular weight excluding hydrogens is 198 g/mol. The Morgan fingerprint density at radius 3 is 2.38 bits per heavy atom. The van der Waals surface area contributed by atoms with Crippen LogP contribution in [0.3, 0.4) is 0 Å². The summed E-state index contributed by atoms with van der Waals surface area (Å²) in [6.45, 7) is 6.55. The third-order valence-corrected chi connectivity index (χ3v) is 3.14. The molecule has 1 aromatic carbocycles. The molecule has 1 rings (SSSR count). The Balaban J connectivity index is 3.15. The van der Waals surface area contributed by atoms with Gasteiger partial charge in [-0.25, -0.2) is 0 Å². The van der Waals surface area contributed by atoms with E-state index in [1.54, 1.807) is 0 Å². The maximum atomic E-state index is 9.35. The normalized spacial score (nSPS) is 15.2. The summed E-state index contributed by atoms with van der Waals surface area (Å²) in [4.78, 5) is 2.18. The van der Waals surface area contributed by atoms with Crippen LogP contribution in [0.4, 0.5) is 0 Å². The van der Waals surface area contributed by atoms with Crippen molar-refractivity contribution in [2.45, 2.75) is 26.8 Å². The number of aryl methyl sites for hydroxylation is 2. The first-order valence-electron chi connectivity index (χ1n) is 5.81. The fourth-order valence-electron chi connectivity index (χ4n) is 2.27. The molecule has 0 aliphatic heterocycles. The van der Waals surface area contributed by atoms with E-state index in [4.69, 9.17) is 0 Å². The number of hydrogen-bond acceptors (Lipinski definition) is 2. The summed E-state index contributed by atoms with van der Waals surface area (Å²) in [5.74, 6) is 0.246. The minimum Gasteiger partial charge on any atom is -0.396 e. The highest BCUT2D eigenvalue weighted by Crippen LogP contribution is 2.29. The summed E-state index contributed by atoms with van der Waals surface area (Å²) in [7, 11) is 4.14. The van der Waals surface area contributed by atoms with Crippen molar-refractivity contribution < 1.29 is 5.11 Å². The predicted molar refractivity (Wildman–Crippen MR) is 68.6 cm³/mol. The maximum Gasteiger partial charge on any atom is 0.0474 e. The quantitative estimate of drug-likeness (QED) is 0.844. The van der Waals surface area contributed by atoms with Crippen LogP contribution in [0.2, 0.25) is 0 Å². The first kappa shape index (κ1) is 13.2. The lowest BCUT2D eigenvalue weighted by molar-refractivity contribution is 0.145. The number of rotatable bonds is 4. The van der Waals surface area contributed by atoms with Crippen molar-refractivity contribution in [2.75, 3.05) is 20.7 Å². The van der Waals surface area contributed by atoms with Gasteiger partial charge in [0.15, 0.2) is 0 Å². The van der Waals surface area contributed by atoms with Crippen LogP contribution in [-0.4, -0.2) is 30.7 Å². The summed E-state index contributed by atoms with van der Waals surface area (Å²) in [5.41, 5.74) is 3.90. The number of hydrogen-bond donors (Lipinski definition) is 1. The van der Waals surface area contributed by atoms with Crippen molar-refractivity contribution in [1.82, 2.24) is 4.90 Å². The molecule has 2 unspecified atom stereocenters. The van der Waals surface area contributed by atoms with E-state index in [1.807, 2.05) is 0 Å². The van der Waals surface area contributed by atoms with Gasteiger partial charge >= 0.3 is 0 Å². The van der Waals surface area contributed by atoms with E-state index in [9.17, 15) is 5.11 Å². The molecule has 2 heteroatoms. The zero-order valence-electron chi connectivity index (χ0n) is 11.0. The SMILES string of the molecule is Cc1ccc(C)c(C(C(C)CO)N(C)C)c1. The fourth-order valence-corrected chi connectivity index (χ4v) is 2.27. The molecule has 1 N–H and O–H groups in total. The van der Waals surface area contributed by atoms with Gasteiger partial charge in [-0.3, -0.25) is 0 Å². The largest absolute Gasteiger partial charge is 0.396 e. The standard InChI is InChI=1S/C14H23NO/c1-10-6-7-11(2)13(8-10)14(15(4)5)12(3)9-16/h6-8,12,14,16H,9H2,1-5H3. The molecule has 0 saturated heterocycles. The average molecular weight is 221 g/mol. The van der Waals surface area contributed by atoms with Gasteiger partial charge in [0.05, 0.1) is 0 Å². The Bertz CT molecular complexity index is 347. The summed E-state index contributed by atoms with van der Waals surface area (Å²) < 4.78 is 0. The molecule has 1 aromatic rings. The van der Waals surface area contributed by atoms with Gasteiger partial charge in [-0.15, -0.1) is 0 Å². The van der Waals surface area contributed by atoms with Crippen LogP contribution in [-0.2, 0) is 0 Å². The average Bonchev–Trinajstić information content (AvgIpc) is 2.22. The van der Waals surface area contributed by atoms with E-state index in [2.05, 4.69) is 58.0 Å². The van der Waals surface area contributed by atoms with E-state index < -0.39 is 0 Å². The summed E-state index contributed by atoms with van der Waals surface area (Å²) in [6.07, 6.45) is 0. The lowest BCUT2D eigenvalue weighted by Crippen LogP contribution is -2.28. The summed E-state index contributed by atoms with van der Waals surface area (Å²) in [6, 6.07) is 6.80. The van der Waals surface area contributed by atoms with Crippen LogP contribution < -0.4 is 0 Å². The Kier molecular flexibility index (Phi) is 4.51. The molecule has 16 heavy (non-hydrogen) atoms. The number of aliphatic hydroxyl groups is 1. The molecule has 2 nitrogen and oxygen atoms in total. The number of benzene rings is 1. The second-order valence-corrected chi connectivity index (χ2v) is 4.93. The third-order valence-electron chi connectivity index (χ3n) is 3.14. The zero-order chi connectivity index (χ0) is 12.3. The molecule has 0 aliphatic rings. The van der Waals surface area contributed by atoms with Gasteiger partial charge in [-0.1, -0.05) is 30.7 Å². The van der Waals surface area contributed by atoms with Crippen molar-refractivity contribution in [1.29, 1.82) is 0 Å². The molecule has 0 heterocycles. The van der Waals surface area contributed by atoms with Gasteiger partial charge in [-0.05, 0) is 45.0 Å².